The summed E-state index contributed by atoms with van der Waals surface area (Å²) in [6, 6.07) is 12.3. The van der Waals surface area contributed by atoms with Crippen molar-refractivity contribution in [2.24, 2.45) is 4.99 Å². The van der Waals surface area contributed by atoms with E-state index in [1.165, 1.54) is 11.1 Å². The molecule has 0 fully saturated rings. The average Bonchev–Trinajstić information content (AvgIpc) is 3.26. The molecule has 0 bridgehead atoms. The monoisotopic (exact) mass is 427 g/mol. The van der Waals surface area contributed by atoms with E-state index in [2.05, 4.69) is 40.8 Å². The van der Waals surface area contributed by atoms with Crippen LogP contribution in [-0.4, -0.2) is 54.9 Å². The maximum absolute atomic E-state index is 12.2. The lowest BCUT2D eigenvalue weighted by Gasteiger charge is -2.19. The van der Waals surface area contributed by atoms with Crippen LogP contribution in [0.25, 0.3) is 0 Å². The summed E-state index contributed by atoms with van der Waals surface area (Å²) in [7, 11) is 2.08. The molecule has 170 valence electrons. The van der Waals surface area contributed by atoms with Crippen LogP contribution in [0.4, 0.5) is 0 Å². The number of rotatable bonds is 12. The Hall–Kier alpha value is -2.80. The summed E-state index contributed by atoms with van der Waals surface area (Å²) in [6.45, 7) is 11.0. The molecule has 0 spiro atoms. The molecule has 0 saturated carbocycles. The van der Waals surface area contributed by atoms with Gasteiger partial charge in [-0.3, -0.25) is 9.69 Å². The lowest BCUT2D eigenvalue weighted by molar-refractivity contribution is -0.130. The van der Waals surface area contributed by atoms with Crippen molar-refractivity contribution >= 4 is 11.9 Å². The molecule has 0 aliphatic rings. The van der Waals surface area contributed by atoms with Crippen molar-refractivity contribution in [3.63, 3.8) is 0 Å². The van der Waals surface area contributed by atoms with Gasteiger partial charge in [-0.25, -0.2) is 4.99 Å². The molecule has 0 aliphatic heterocycles. The molecule has 0 radical (unpaired) electrons. The highest BCUT2D eigenvalue weighted by Crippen LogP contribution is 2.14. The lowest BCUT2D eigenvalue weighted by Crippen LogP contribution is -2.40. The van der Waals surface area contributed by atoms with Crippen molar-refractivity contribution in [3.05, 3.63) is 59.5 Å². The minimum atomic E-state index is 0.165. The van der Waals surface area contributed by atoms with Crippen LogP contribution in [0.2, 0.25) is 0 Å². The molecule has 0 atom stereocenters. The zero-order chi connectivity index (χ0) is 22.5. The summed E-state index contributed by atoms with van der Waals surface area (Å²) in [4.78, 5) is 21.0. The highest BCUT2D eigenvalue weighted by molar-refractivity contribution is 5.81. The summed E-state index contributed by atoms with van der Waals surface area (Å²) in [6.07, 6.45) is 2.16. The first-order valence-corrected chi connectivity index (χ1v) is 11.1. The number of guanidine groups is 1. The largest absolute Gasteiger partial charge is 0.468 e. The number of hydrogen-bond donors (Lipinski definition) is 2. The Balaban J connectivity index is 1.94. The third-order valence-corrected chi connectivity index (χ3v) is 5.06. The Bertz CT molecular complexity index is 800. The molecule has 7 heteroatoms. The Kier molecular flexibility index (Phi) is 10.6. The lowest BCUT2D eigenvalue weighted by atomic mass is 10.1. The summed E-state index contributed by atoms with van der Waals surface area (Å²) in [5, 5.41) is 6.55. The maximum Gasteiger partial charge on any atom is 0.224 e. The van der Waals surface area contributed by atoms with Crippen LogP contribution in [0.15, 0.2) is 52.1 Å². The fraction of sp³-hybridized carbons (Fsp3) is 0.500. The van der Waals surface area contributed by atoms with Gasteiger partial charge in [0.25, 0.3) is 0 Å². The second-order valence-corrected chi connectivity index (χ2v) is 7.46. The van der Waals surface area contributed by atoms with Crippen LogP contribution >= 0.6 is 0 Å². The zero-order valence-corrected chi connectivity index (χ0v) is 19.4. The van der Waals surface area contributed by atoms with Gasteiger partial charge in [0, 0.05) is 39.1 Å². The van der Waals surface area contributed by atoms with E-state index in [4.69, 9.17) is 9.41 Å². The van der Waals surface area contributed by atoms with Gasteiger partial charge in [0.15, 0.2) is 5.96 Å². The Morgan fingerprint density at radius 1 is 1.00 bits per heavy atom. The highest BCUT2D eigenvalue weighted by atomic mass is 16.3. The minimum Gasteiger partial charge on any atom is -0.468 e. The molecule has 2 rings (SSSR count). The standard InChI is InChI=1S/C24H37N5O2/c1-5-25-24(26-15-14-23(30)29(6-2)7-3)27-17-20-11-8-9-12-21(20)18-28(4)19-22-13-10-16-31-22/h8-13,16H,5-7,14-15,17-19H2,1-4H3,(H2,25,26,27). The highest BCUT2D eigenvalue weighted by Gasteiger charge is 2.10. The number of benzene rings is 1. The topological polar surface area (TPSA) is 73.1 Å². The van der Waals surface area contributed by atoms with Crippen molar-refractivity contribution in [1.29, 1.82) is 0 Å². The van der Waals surface area contributed by atoms with Crippen molar-refractivity contribution in [1.82, 2.24) is 20.4 Å². The van der Waals surface area contributed by atoms with Gasteiger partial charge in [0.2, 0.25) is 5.91 Å². The Labute approximate surface area is 186 Å². The van der Waals surface area contributed by atoms with Gasteiger partial charge in [-0.05, 0) is 51.1 Å². The first kappa shape index (κ1) is 24.5. The molecule has 1 aromatic carbocycles. The second kappa shape index (κ2) is 13.5. The molecule has 31 heavy (non-hydrogen) atoms. The molecule has 1 heterocycles. The predicted molar refractivity (Wildman–Crippen MR) is 126 cm³/mol. The third kappa shape index (κ3) is 8.45. The van der Waals surface area contributed by atoms with Gasteiger partial charge in [-0.1, -0.05) is 24.3 Å². The maximum atomic E-state index is 12.2. The number of nitrogens with zero attached hydrogens (tertiary/aromatic N) is 3. The Morgan fingerprint density at radius 2 is 1.74 bits per heavy atom. The van der Waals surface area contributed by atoms with E-state index in [0.717, 1.165) is 44.4 Å². The molecule has 0 saturated heterocycles. The van der Waals surface area contributed by atoms with Crippen LogP contribution in [-0.2, 0) is 24.4 Å². The first-order valence-electron chi connectivity index (χ1n) is 11.1. The zero-order valence-electron chi connectivity index (χ0n) is 19.4. The average molecular weight is 428 g/mol. The van der Waals surface area contributed by atoms with Crippen molar-refractivity contribution < 1.29 is 9.21 Å². The van der Waals surface area contributed by atoms with E-state index in [0.29, 0.717) is 19.5 Å². The fourth-order valence-electron chi connectivity index (χ4n) is 3.41. The van der Waals surface area contributed by atoms with Gasteiger partial charge in [-0.2, -0.15) is 0 Å². The number of furan rings is 1. The van der Waals surface area contributed by atoms with Crippen LogP contribution in [0.3, 0.4) is 0 Å². The van der Waals surface area contributed by atoms with Crippen molar-refractivity contribution in [2.75, 3.05) is 33.2 Å². The van der Waals surface area contributed by atoms with Gasteiger partial charge in [-0.15, -0.1) is 0 Å². The van der Waals surface area contributed by atoms with Gasteiger partial charge in [0.05, 0.1) is 19.4 Å². The van der Waals surface area contributed by atoms with Crippen LogP contribution in [0.5, 0.6) is 0 Å². The van der Waals surface area contributed by atoms with Crippen molar-refractivity contribution in [2.45, 2.75) is 46.8 Å². The SMILES string of the molecule is CCNC(=NCc1ccccc1CN(C)Cc1ccco1)NCCC(=O)N(CC)CC. The quantitative estimate of drug-likeness (QED) is 0.402. The van der Waals surface area contributed by atoms with Crippen LogP contribution in [0.1, 0.15) is 44.1 Å². The van der Waals surface area contributed by atoms with Gasteiger partial charge in [0.1, 0.15) is 5.76 Å². The minimum absolute atomic E-state index is 0.165. The molecule has 0 unspecified atom stereocenters. The van der Waals surface area contributed by atoms with E-state index >= 15 is 0 Å². The van der Waals surface area contributed by atoms with Gasteiger partial charge < -0.3 is 20.0 Å². The summed E-state index contributed by atoms with van der Waals surface area (Å²) >= 11 is 0. The van der Waals surface area contributed by atoms with Gasteiger partial charge >= 0.3 is 0 Å². The van der Waals surface area contributed by atoms with E-state index < -0.39 is 0 Å². The number of amides is 1. The number of aliphatic imine (C=N–C) groups is 1. The Morgan fingerprint density at radius 3 is 2.39 bits per heavy atom. The molecule has 1 aromatic heterocycles. The van der Waals surface area contributed by atoms with E-state index in [9.17, 15) is 4.79 Å². The van der Waals surface area contributed by atoms with E-state index in [1.807, 2.05) is 43.9 Å². The molecule has 7 nitrogen and oxygen atoms in total. The molecule has 1 amide bonds. The second-order valence-electron chi connectivity index (χ2n) is 7.46. The molecule has 2 N–H and O–H groups in total. The normalized spacial score (nSPS) is 11.6. The molecular formula is C24H37N5O2. The predicted octanol–water partition coefficient (Wildman–Crippen LogP) is 3.23. The van der Waals surface area contributed by atoms with Crippen LogP contribution in [0, 0.1) is 0 Å². The van der Waals surface area contributed by atoms with Crippen LogP contribution < -0.4 is 10.6 Å². The number of carbonyl (C=O) groups excluding carboxylic acids is 1. The third-order valence-electron chi connectivity index (χ3n) is 5.06. The fourth-order valence-corrected chi connectivity index (χ4v) is 3.41. The van der Waals surface area contributed by atoms with E-state index in [1.54, 1.807) is 6.26 Å². The molecule has 2 aromatic rings. The first-order chi connectivity index (χ1) is 15.1. The molecular weight excluding hydrogens is 390 g/mol. The number of nitrogens with one attached hydrogen (secondary N) is 2. The summed E-state index contributed by atoms with van der Waals surface area (Å²) < 4.78 is 5.45. The summed E-state index contributed by atoms with van der Waals surface area (Å²) in [5.41, 5.74) is 2.43. The number of hydrogen-bond acceptors (Lipinski definition) is 4. The smallest absolute Gasteiger partial charge is 0.224 e. The summed E-state index contributed by atoms with van der Waals surface area (Å²) in [5.74, 6) is 1.85. The molecule has 0 aliphatic carbocycles. The number of carbonyl (C=O) groups is 1. The van der Waals surface area contributed by atoms with Crippen molar-refractivity contribution in [3.8, 4) is 0 Å². The van der Waals surface area contributed by atoms with E-state index in [-0.39, 0.29) is 5.91 Å².